The van der Waals surface area contributed by atoms with Crippen LogP contribution in [0.15, 0.2) is 6.07 Å². The van der Waals surface area contributed by atoms with Crippen molar-refractivity contribution in [2.45, 2.75) is 12.5 Å². The van der Waals surface area contributed by atoms with Crippen LogP contribution in [0.25, 0.3) is 0 Å². The zero-order chi connectivity index (χ0) is 14.1. The van der Waals surface area contributed by atoms with Crippen LogP contribution in [-0.4, -0.2) is 18.5 Å². The number of rotatable bonds is 2. The maximum atomic E-state index is 12.5. The summed E-state index contributed by atoms with van der Waals surface area (Å²) in [4.78, 5) is 3.26. The molecule has 1 aromatic rings. The molecule has 102 valence electrons. The Bertz CT molecular complexity index is 444. The molecule has 0 aliphatic rings. The van der Waals surface area contributed by atoms with Crippen LogP contribution >= 0.6 is 22.6 Å². The summed E-state index contributed by atoms with van der Waals surface area (Å²) in [6.07, 6.45) is -9.99. The number of hydrogen-bond acceptors (Lipinski definition) is 3. The minimum absolute atomic E-state index is 0.196. The summed E-state index contributed by atoms with van der Waals surface area (Å²) in [5.41, 5.74) is -1.44. The Morgan fingerprint density at radius 2 is 1.72 bits per heavy atom. The van der Waals surface area contributed by atoms with Crippen LogP contribution in [0.3, 0.4) is 0 Å². The first-order chi connectivity index (χ1) is 8.04. The van der Waals surface area contributed by atoms with Gasteiger partial charge >= 0.3 is 12.5 Å². The zero-order valence-corrected chi connectivity index (χ0v) is 10.6. The highest BCUT2D eigenvalue weighted by atomic mass is 127. The van der Waals surface area contributed by atoms with Gasteiger partial charge in [-0.05, 0) is 22.6 Å². The summed E-state index contributed by atoms with van der Waals surface area (Å²) in [6, 6.07) is 0.196. The van der Waals surface area contributed by atoms with E-state index in [1.165, 1.54) is 22.6 Å². The highest BCUT2D eigenvalue weighted by Gasteiger charge is 2.39. The lowest BCUT2D eigenvalue weighted by Gasteiger charge is -2.15. The van der Waals surface area contributed by atoms with Crippen LogP contribution in [0, 0.1) is 3.70 Å². The summed E-state index contributed by atoms with van der Waals surface area (Å²) in [5.74, 6) is -1.85. The monoisotopic (exact) mass is 387 g/mol. The number of nitrogens with zero attached hydrogens (tertiary/aromatic N) is 1. The smallest absolute Gasteiger partial charge is 0.481 e. The van der Waals surface area contributed by atoms with E-state index in [2.05, 4.69) is 14.5 Å². The van der Waals surface area contributed by atoms with Crippen molar-refractivity contribution < 1.29 is 35.8 Å². The molecule has 0 N–H and O–H groups in total. The predicted molar refractivity (Wildman–Crippen MR) is 55.2 cm³/mol. The lowest BCUT2D eigenvalue weighted by molar-refractivity contribution is -0.275. The molecule has 3 nitrogen and oxygen atoms in total. The van der Waals surface area contributed by atoms with Crippen LogP contribution in [0.5, 0.6) is 11.6 Å². The molecule has 10 heteroatoms. The van der Waals surface area contributed by atoms with E-state index in [-0.39, 0.29) is 6.07 Å². The summed E-state index contributed by atoms with van der Waals surface area (Å²) >= 11 is 1.31. The average Bonchev–Trinajstić information content (AvgIpc) is 2.16. The molecule has 0 bridgehead atoms. The zero-order valence-electron chi connectivity index (χ0n) is 8.49. The summed E-state index contributed by atoms with van der Waals surface area (Å²) in [7, 11) is 0.929. The second-order valence-electron chi connectivity index (χ2n) is 2.88. The molecule has 0 fully saturated rings. The Morgan fingerprint density at radius 3 is 2.11 bits per heavy atom. The van der Waals surface area contributed by atoms with E-state index in [0.29, 0.717) is 0 Å². The Hall–Kier alpha value is -0.940. The van der Waals surface area contributed by atoms with E-state index >= 15 is 0 Å². The minimum atomic E-state index is -5.10. The fourth-order valence-electron chi connectivity index (χ4n) is 1.01. The Morgan fingerprint density at radius 1 is 1.17 bits per heavy atom. The van der Waals surface area contributed by atoms with Crippen molar-refractivity contribution in [3.8, 4) is 11.6 Å². The van der Waals surface area contributed by atoms with Crippen LogP contribution in [0.2, 0.25) is 0 Å². The second kappa shape index (κ2) is 4.97. The number of alkyl halides is 6. The van der Waals surface area contributed by atoms with E-state index in [4.69, 9.17) is 0 Å². The molecular weight excluding hydrogens is 383 g/mol. The highest BCUT2D eigenvalue weighted by molar-refractivity contribution is 14.1. The number of aromatic nitrogens is 1. The molecule has 0 amide bonds. The van der Waals surface area contributed by atoms with Gasteiger partial charge in [0.25, 0.3) is 0 Å². The summed E-state index contributed by atoms with van der Waals surface area (Å²) in [5, 5.41) is 0. The van der Waals surface area contributed by atoms with Gasteiger partial charge in [-0.3, -0.25) is 0 Å². The van der Waals surface area contributed by atoms with Crippen LogP contribution in [-0.2, 0) is 6.18 Å². The number of hydrogen-bond donors (Lipinski definition) is 0. The van der Waals surface area contributed by atoms with E-state index in [0.717, 1.165) is 7.11 Å². The molecule has 1 heterocycles. The van der Waals surface area contributed by atoms with Crippen molar-refractivity contribution in [2.75, 3.05) is 7.11 Å². The van der Waals surface area contributed by atoms with E-state index in [1.54, 1.807) is 0 Å². The first-order valence-electron chi connectivity index (χ1n) is 4.12. The topological polar surface area (TPSA) is 31.4 Å². The number of halogens is 7. The normalized spacial score (nSPS) is 12.4. The maximum absolute atomic E-state index is 12.5. The summed E-state index contributed by atoms with van der Waals surface area (Å²) < 4.78 is 80.9. The second-order valence-corrected chi connectivity index (χ2v) is 3.90. The van der Waals surface area contributed by atoms with Gasteiger partial charge in [0.15, 0.2) is 5.75 Å². The Labute approximate surface area is 110 Å². The van der Waals surface area contributed by atoms with Gasteiger partial charge in [0.05, 0.1) is 7.11 Å². The van der Waals surface area contributed by atoms with E-state index in [1.807, 2.05) is 0 Å². The standard InChI is InChI=1S/C8H4F6INO2/c1-17-6-3(7(9,10)11)2-4(5(15)16-6)18-8(12,13)14/h2H,1H3. The number of methoxy groups -OCH3 is 1. The molecule has 0 aliphatic carbocycles. The van der Waals surface area contributed by atoms with Gasteiger partial charge in [-0.2, -0.15) is 13.2 Å². The quantitative estimate of drug-likeness (QED) is 0.442. The van der Waals surface area contributed by atoms with E-state index < -0.39 is 33.4 Å². The fourth-order valence-corrected chi connectivity index (χ4v) is 1.50. The molecular formula is C8H4F6INO2. The molecule has 0 spiro atoms. The summed E-state index contributed by atoms with van der Waals surface area (Å²) in [6.45, 7) is 0. The van der Waals surface area contributed by atoms with Crippen LogP contribution in [0.4, 0.5) is 26.3 Å². The third-order valence-electron chi connectivity index (χ3n) is 1.63. The van der Waals surface area contributed by atoms with Crippen molar-refractivity contribution >= 4 is 22.6 Å². The number of ether oxygens (including phenoxy) is 2. The third-order valence-corrected chi connectivity index (χ3v) is 2.41. The van der Waals surface area contributed by atoms with Gasteiger partial charge in [-0.1, -0.05) is 0 Å². The third kappa shape index (κ3) is 3.78. The fraction of sp³-hybridized carbons (Fsp3) is 0.375. The van der Waals surface area contributed by atoms with Gasteiger partial charge in [-0.25, -0.2) is 4.98 Å². The SMILES string of the molecule is COc1nc(I)c(OC(F)(F)F)cc1C(F)(F)F. The lowest BCUT2D eigenvalue weighted by atomic mass is 10.2. The van der Waals surface area contributed by atoms with Crippen molar-refractivity contribution in [1.82, 2.24) is 4.98 Å². The van der Waals surface area contributed by atoms with Gasteiger partial charge in [-0.15, -0.1) is 13.2 Å². The van der Waals surface area contributed by atoms with Crippen molar-refractivity contribution in [2.24, 2.45) is 0 Å². The van der Waals surface area contributed by atoms with Crippen molar-refractivity contribution in [1.29, 1.82) is 0 Å². The number of pyridine rings is 1. The highest BCUT2D eigenvalue weighted by Crippen LogP contribution is 2.39. The molecule has 0 unspecified atom stereocenters. The van der Waals surface area contributed by atoms with E-state index in [9.17, 15) is 26.3 Å². The molecule has 0 aromatic carbocycles. The first-order valence-corrected chi connectivity index (χ1v) is 5.20. The molecule has 0 saturated heterocycles. The Balaban J connectivity index is 3.31. The first kappa shape index (κ1) is 15.1. The van der Waals surface area contributed by atoms with Crippen LogP contribution in [0.1, 0.15) is 5.56 Å². The molecule has 1 aromatic heterocycles. The van der Waals surface area contributed by atoms with Gasteiger partial charge in [0.2, 0.25) is 5.88 Å². The van der Waals surface area contributed by atoms with Crippen LogP contribution < -0.4 is 9.47 Å². The largest absolute Gasteiger partial charge is 0.573 e. The molecule has 18 heavy (non-hydrogen) atoms. The molecule has 0 radical (unpaired) electrons. The molecule has 0 aliphatic heterocycles. The molecule has 0 atom stereocenters. The molecule has 1 rings (SSSR count). The van der Waals surface area contributed by atoms with Crippen molar-refractivity contribution in [3.63, 3.8) is 0 Å². The van der Waals surface area contributed by atoms with Gasteiger partial charge < -0.3 is 9.47 Å². The maximum Gasteiger partial charge on any atom is 0.573 e. The van der Waals surface area contributed by atoms with Gasteiger partial charge in [0, 0.05) is 6.07 Å². The minimum Gasteiger partial charge on any atom is -0.481 e. The van der Waals surface area contributed by atoms with Crippen molar-refractivity contribution in [3.05, 3.63) is 15.3 Å². The average molecular weight is 387 g/mol. The lowest BCUT2D eigenvalue weighted by Crippen LogP contribution is -2.19. The predicted octanol–water partition coefficient (Wildman–Crippen LogP) is 3.61. The molecule has 0 saturated carbocycles. The van der Waals surface area contributed by atoms with Gasteiger partial charge in [0.1, 0.15) is 9.26 Å². The Kier molecular flexibility index (Phi) is 4.18.